The Bertz CT molecular complexity index is 845. The maximum atomic E-state index is 13.7. The summed E-state index contributed by atoms with van der Waals surface area (Å²) in [5.74, 6) is -1.26. The van der Waals surface area contributed by atoms with Crippen LogP contribution in [0.5, 0.6) is 0 Å². The SMILES string of the molecule is Cc1ccc(C)c(NC(=O)CN(C)C(=O)/C=C/c2c(F)cccc2Cl)c1. The zero-order chi connectivity index (χ0) is 19.3. The second kappa shape index (κ2) is 8.63. The van der Waals surface area contributed by atoms with Crippen molar-refractivity contribution in [2.24, 2.45) is 0 Å². The van der Waals surface area contributed by atoms with Gasteiger partial charge in [0, 0.05) is 24.4 Å². The molecule has 0 aliphatic carbocycles. The lowest BCUT2D eigenvalue weighted by Gasteiger charge is -2.16. The van der Waals surface area contributed by atoms with Gasteiger partial charge in [-0.2, -0.15) is 0 Å². The summed E-state index contributed by atoms with van der Waals surface area (Å²) in [6, 6.07) is 10.0. The van der Waals surface area contributed by atoms with E-state index in [1.165, 1.54) is 42.3 Å². The highest BCUT2D eigenvalue weighted by Gasteiger charge is 2.12. The molecule has 4 nitrogen and oxygen atoms in total. The van der Waals surface area contributed by atoms with Gasteiger partial charge in [-0.05, 0) is 49.2 Å². The summed E-state index contributed by atoms with van der Waals surface area (Å²) in [5, 5.41) is 3.00. The fourth-order valence-electron chi connectivity index (χ4n) is 2.31. The van der Waals surface area contributed by atoms with E-state index in [4.69, 9.17) is 11.6 Å². The Hall–Kier alpha value is -2.66. The minimum Gasteiger partial charge on any atom is -0.333 e. The van der Waals surface area contributed by atoms with Gasteiger partial charge in [0.2, 0.25) is 11.8 Å². The van der Waals surface area contributed by atoms with Crippen molar-refractivity contribution in [2.75, 3.05) is 18.9 Å². The van der Waals surface area contributed by atoms with E-state index in [-0.39, 0.29) is 23.0 Å². The molecule has 0 atom stereocenters. The number of carbonyl (C=O) groups is 2. The molecule has 0 bridgehead atoms. The summed E-state index contributed by atoms with van der Waals surface area (Å²) in [4.78, 5) is 25.5. The highest BCUT2D eigenvalue weighted by atomic mass is 35.5. The van der Waals surface area contributed by atoms with Crippen molar-refractivity contribution in [1.29, 1.82) is 0 Å². The van der Waals surface area contributed by atoms with Gasteiger partial charge in [-0.25, -0.2) is 4.39 Å². The Morgan fingerprint density at radius 2 is 1.96 bits per heavy atom. The molecule has 26 heavy (non-hydrogen) atoms. The largest absolute Gasteiger partial charge is 0.333 e. The molecular weight excluding hydrogens is 355 g/mol. The summed E-state index contributed by atoms with van der Waals surface area (Å²) in [5.41, 5.74) is 2.81. The number of hydrogen-bond donors (Lipinski definition) is 1. The highest BCUT2D eigenvalue weighted by molar-refractivity contribution is 6.32. The highest BCUT2D eigenvalue weighted by Crippen LogP contribution is 2.20. The molecule has 1 N–H and O–H groups in total. The van der Waals surface area contributed by atoms with Crippen LogP contribution in [0.4, 0.5) is 10.1 Å². The Morgan fingerprint density at radius 1 is 1.23 bits per heavy atom. The van der Waals surface area contributed by atoms with Crippen LogP contribution in [0.2, 0.25) is 5.02 Å². The molecule has 2 rings (SSSR count). The van der Waals surface area contributed by atoms with E-state index < -0.39 is 11.7 Å². The number of benzene rings is 2. The van der Waals surface area contributed by atoms with Crippen LogP contribution >= 0.6 is 11.6 Å². The first kappa shape index (κ1) is 19.7. The number of likely N-dealkylation sites (N-methyl/N-ethyl adjacent to an activating group) is 1. The maximum Gasteiger partial charge on any atom is 0.246 e. The van der Waals surface area contributed by atoms with Gasteiger partial charge in [0.15, 0.2) is 0 Å². The van der Waals surface area contributed by atoms with E-state index in [0.29, 0.717) is 5.69 Å². The fourth-order valence-corrected chi connectivity index (χ4v) is 2.53. The quantitative estimate of drug-likeness (QED) is 0.797. The predicted molar refractivity (Wildman–Crippen MR) is 103 cm³/mol. The monoisotopic (exact) mass is 374 g/mol. The summed E-state index contributed by atoms with van der Waals surface area (Å²) < 4.78 is 13.7. The molecule has 0 saturated heterocycles. The molecule has 0 aliphatic rings. The smallest absolute Gasteiger partial charge is 0.246 e. The third-order valence-electron chi connectivity index (χ3n) is 3.82. The minimum atomic E-state index is -0.517. The number of halogens is 2. The van der Waals surface area contributed by atoms with Gasteiger partial charge < -0.3 is 10.2 Å². The van der Waals surface area contributed by atoms with E-state index >= 15 is 0 Å². The Balaban J connectivity index is 1.99. The molecule has 0 fully saturated rings. The maximum absolute atomic E-state index is 13.7. The lowest BCUT2D eigenvalue weighted by molar-refractivity contribution is -0.129. The number of amides is 2. The van der Waals surface area contributed by atoms with Crippen molar-refractivity contribution in [3.63, 3.8) is 0 Å². The molecule has 0 aromatic heterocycles. The number of carbonyl (C=O) groups excluding carboxylic acids is 2. The van der Waals surface area contributed by atoms with Gasteiger partial charge in [0.05, 0.1) is 11.6 Å². The third-order valence-corrected chi connectivity index (χ3v) is 4.15. The standard InChI is InChI=1S/C20H20ClFN2O2/c1-13-7-8-14(2)18(11-13)23-19(25)12-24(3)20(26)10-9-15-16(21)5-4-6-17(15)22/h4-11H,12H2,1-3H3,(H,23,25)/b10-9+. The molecule has 6 heteroatoms. The predicted octanol–water partition coefficient (Wildman–Crippen LogP) is 4.21. The first-order valence-corrected chi connectivity index (χ1v) is 8.40. The third kappa shape index (κ3) is 5.17. The van der Waals surface area contributed by atoms with E-state index in [0.717, 1.165) is 11.1 Å². The number of nitrogens with one attached hydrogen (secondary N) is 1. The number of anilines is 1. The van der Waals surface area contributed by atoms with E-state index in [1.807, 2.05) is 32.0 Å². The molecule has 0 radical (unpaired) electrons. The average Bonchev–Trinajstić information content (AvgIpc) is 2.57. The normalized spacial score (nSPS) is 10.8. The molecule has 0 unspecified atom stereocenters. The number of nitrogens with zero attached hydrogens (tertiary/aromatic N) is 1. The molecule has 136 valence electrons. The molecule has 2 aromatic rings. The van der Waals surface area contributed by atoms with E-state index in [9.17, 15) is 14.0 Å². The van der Waals surface area contributed by atoms with Crippen LogP contribution in [-0.2, 0) is 9.59 Å². The molecular formula is C20H20ClFN2O2. The van der Waals surface area contributed by atoms with Crippen molar-refractivity contribution in [3.8, 4) is 0 Å². The van der Waals surface area contributed by atoms with Crippen molar-refractivity contribution in [1.82, 2.24) is 4.90 Å². The van der Waals surface area contributed by atoms with E-state index in [1.54, 1.807) is 0 Å². The van der Waals surface area contributed by atoms with Crippen LogP contribution in [-0.4, -0.2) is 30.3 Å². The second-order valence-corrected chi connectivity index (χ2v) is 6.44. The first-order chi connectivity index (χ1) is 12.3. The lowest BCUT2D eigenvalue weighted by Crippen LogP contribution is -2.34. The number of aryl methyl sites for hydroxylation is 2. The second-order valence-electron chi connectivity index (χ2n) is 6.03. The lowest BCUT2D eigenvalue weighted by atomic mass is 10.1. The van der Waals surface area contributed by atoms with Crippen LogP contribution in [0.15, 0.2) is 42.5 Å². The Kier molecular flexibility index (Phi) is 6.52. The number of hydrogen-bond acceptors (Lipinski definition) is 2. The van der Waals surface area contributed by atoms with Crippen molar-refractivity contribution < 1.29 is 14.0 Å². The fraction of sp³-hybridized carbons (Fsp3) is 0.200. The van der Waals surface area contributed by atoms with Crippen LogP contribution < -0.4 is 5.32 Å². The molecule has 0 aliphatic heterocycles. The summed E-state index contributed by atoms with van der Waals surface area (Å²) in [6.45, 7) is 3.70. The summed E-state index contributed by atoms with van der Waals surface area (Å²) in [6.07, 6.45) is 2.49. The average molecular weight is 375 g/mol. The van der Waals surface area contributed by atoms with Crippen molar-refractivity contribution in [3.05, 3.63) is 70.0 Å². The van der Waals surface area contributed by atoms with Gasteiger partial charge in [0.1, 0.15) is 5.82 Å². The number of rotatable bonds is 5. The van der Waals surface area contributed by atoms with Crippen LogP contribution in [0.25, 0.3) is 6.08 Å². The Morgan fingerprint density at radius 3 is 2.65 bits per heavy atom. The summed E-state index contributed by atoms with van der Waals surface area (Å²) >= 11 is 5.91. The molecule has 0 heterocycles. The topological polar surface area (TPSA) is 49.4 Å². The molecule has 2 aromatic carbocycles. The van der Waals surface area contributed by atoms with Gasteiger partial charge >= 0.3 is 0 Å². The molecule has 0 saturated carbocycles. The van der Waals surface area contributed by atoms with Gasteiger partial charge in [-0.1, -0.05) is 29.8 Å². The Labute approximate surface area is 157 Å². The van der Waals surface area contributed by atoms with Gasteiger partial charge in [0.25, 0.3) is 0 Å². The summed E-state index contributed by atoms with van der Waals surface area (Å²) in [7, 11) is 1.50. The van der Waals surface area contributed by atoms with E-state index in [2.05, 4.69) is 5.32 Å². The van der Waals surface area contributed by atoms with Crippen LogP contribution in [0.3, 0.4) is 0 Å². The zero-order valence-corrected chi connectivity index (χ0v) is 15.6. The first-order valence-electron chi connectivity index (χ1n) is 8.02. The van der Waals surface area contributed by atoms with Crippen LogP contribution in [0.1, 0.15) is 16.7 Å². The molecule has 2 amide bonds. The van der Waals surface area contributed by atoms with Gasteiger partial charge in [-0.15, -0.1) is 0 Å². The van der Waals surface area contributed by atoms with Crippen molar-refractivity contribution >= 4 is 35.2 Å². The minimum absolute atomic E-state index is 0.123. The zero-order valence-electron chi connectivity index (χ0n) is 14.8. The van der Waals surface area contributed by atoms with Gasteiger partial charge in [-0.3, -0.25) is 9.59 Å². The van der Waals surface area contributed by atoms with Crippen LogP contribution in [0, 0.1) is 19.7 Å². The molecule has 0 spiro atoms. The van der Waals surface area contributed by atoms with Crippen molar-refractivity contribution in [2.45, 2.75) is 13.8 Å².